The predicted molar refractivity (Wildman–Crippen MR) is 75.4 cm³/mol. The van der Waals surface area contributed by atoms with Crippen molar-refractivity contribution in [3.05, 3.63) is 41.0 Å². The Bertz CT molecular complexity index is 450. The van der Waals surface area contributed by atoms with Gasteiger partial charge in [-0.2, -0.15) is 0 Å². The number of carbonyl (C=O) groups is 1. The van der Waals surface area contributed by atoms with Gasteiger partial charge in [-0.05, 0) is 29.0 Å². The van der Waals surface area contributed by atoms with Crippen LogP contribution in [0, 0.1) is 0 Å². The van der Waals surface area contributed by atoms with Gasteiger partial charge in [0.15, 0.2) is 0 Å². The Labute approximate surface area is 110 Å². The fourth-order valence-corrected chi connectivity index (χ4v) is 1.83. The van der Waals surface area contributed by atoms with Crippen molar-refractivity contribution < 1.29 is 9.53 Å². The lowest BCUT2D eigenvalue weighted by Crippen LogP contribution is -2.13. The van der Waals surface area contributed by atoms with Gasteiger partial charge in [0.1, 0.15) is 6.61 Å². The first-order valence-corrected chi connectivity index (χ1v) is 6.21. The van der Waals surface area contributed by atoms with Gasteiger partial charge in [-0.15, -0.1) is 0 Å². The molecule has 0 atom stereocenters. The summed E-state index contributed by atoms with van der Waals surface area (Å²) in [6.07, 6.45) is 2.09. The minimum atomic E-state index is -0.244. The van der Waals surface area contributed by atoms with E-state index in [1.807, 2.05) is 13.0 Å². The molecule has 18 heavy (non-hydrogen) atoms. The Balaban J connectivity index is 2.96. The van der Waals surface area contributed by atoms with Crippen LogP contribution in [-0.4, -0.2) is 12.6 Å². The third kappa shape index (κ3) is 4.36. The second-order valence-electron chi connectivity index (χ2n) is 5.61. The lowest BCUT2D eigenvalue weighted by Gasteiger charge is -2.21. The van der Waals surface area contributed by atoms with Gasteiger partial charge in [0.2, 0.25) is 0 Å². The molecule has 1 rings (SSSR count). The summed E-state index contributed by atoms with van der Waals surface area (Å²) in [6, 6.07) is 8.32. The van der Waals surface area contributed by atoms with Crippen LogP contribution in [0.3, 0.4) is 0 Å². The van der Waals surface area contributed by atoms with Gasteiger partial charge in [0.05, 0.1) is 0 Å². The molecule has 0 saturated heterocycles. The Kier molecular flexibility index (Phi) is 4.71. The Morgan fingerprint density at radius 2 is 1.83 bits per heavy atom. The summed E-state index contributed by atoms with van der Waals surface area (Å²) in [6.45, 7) is 10.3. The molecular weight excluding hydrogens is 224 g/mol. The summed E-state index contributed by atoms with van der Waals surface area (Å²) in [5.41, 5.74) is 3.64. The Morgan fingerprint density at radius 3 is 2.39 bits per heavy atom. The van der Waals surface area contributed by atoms with Crippen molar-refractivity contribution >= 4 is 12.0 Å². The van der Waals surface area contributed by atoms with Crippen LogP contribution in [0.5, 0.6) is 0 Å². The van der Waals surface area contributed by atoms with Crippen LogP contribution in [0.1, 0.15) is 45.7 Å². The minimum absolute atomic E-state index is 0.106. The van der Waals surface area contributed by atoms with Crippen LogP contribution in [0.15, 0.2) is 29.8 Å². The number of ether oxygens (including phenoxy) is 1. The van der Waals surface area contributed by atoms with Gasteiger partial charge in [-0.1, -0.05) is 51.1 Å². The van der Waals surface area contributed by atoms with E-state index in [1.54, 1.807) is 0 Å². The van der Waals surface area contributed by atoms with Crippen LogP contribution in [0.25, 0.3) is 6.08 Å². The maximum absolute atomic E-state index is 10.8. The summed E-state index contributed by atoms with van der Waals surface area (Å²) in [4.78, 5) is 10.8. The quantitative estimate of drug-likeness (QED) is 0.755. The summed E-state index contributed by atoms with van der Waals surface area (Å²) in [7, 11) is 0. The standard InChI is InChI=1S/C16H22O2/c1-12(11-18-13(2)17)10-14-8-6-7-9-15(14)16(3,4)5/h6-10H,11H2,1-5H3. The van der Waals surface area contributed by atoms with Crippen LogP contribution in [0.2, 0.25) is 0 Å². The molecule has 0 spiro atoms. The van der Waals surface area contributed by atoms with E-state index < -0.39 is 0 Å². The van der Waals surface area contributed by atoms with E-state index in [2.05, 4.69) is 45.0 Å². The van der Waals surface area contributed by atoms with Gasteiger partial charge in [0, 0.05) is 6.92 Å². The van der Waals surface area contributed by atoms with E-state index in [-0.39, 0.29) is 11.4 Å². The third-order valence-corrected chi connectivity index (χ3v) is 2.67. The molecule has 0 N–H and O–H groups in total. The highest BCUT2D eigenvalue weighted by molar-refractivity contribution is 5.66. The summed E-state index contributed by atoms with van der Waals surface area (Å²) >= 11 is 0. The summed E-state index contributed by atoms with van der Waals surface area (Å²) < 4.78 is 4.99. The first-order chi connectivity index (χ1) is 8.30. The molecule has 0 aliphatic carbocycles. The molecule has 0 aromatic heterocycles. The van der Waals surface area contributed by atoms with Crippen molar-refractivity contribution in [1.82, 2.24) is 0 Å². The Hall–Kier alpha value is -1.57. The van der Waals surface area contributed by atoms with Crippen LogP contribution >= 0.6 is 0 Å². The minimum Gasteiger partial charge on any atom is -0.461 e. The zero-order valence-corrected chi connectivity index (χ0v) is 11.9. The molecule has 0 saturated carbocycles. The number of carbonyl (C=O) groups excluding carboxylic acids is 1. The molecule has 0 amide bonds. The van der Waals surface area contributed by atoms with Crippen LogP contribution in [0.4, 0.5) is 0 Å². The number of rotatable bonds is 3. The van der Waals surface area contributed by atoms with E-state index in [9.17, 15) is 4.79 Å². The maximum atomic E-state index is 10.8. The summed E-state index contributed by atoms with van der Waals surface area (Å²) in [5.74, 6) is -0.244. The van der Waals surface area contributed by atoms with Crippen molar-refractivity contribution in [3.8, 4) is 0 Å². The van der Waals surface area contributed by atoms with Crippen molar-refractivity contribution in [1.29, 1.82) is 0 Å². The highest BCUT2D eigenvalue weighted by atomic mass is 16.5. The average Bonchev–Trinajstić information content (AvgIpc) is 2.25. The number of benzene rings is 1. The highest BCUT2D eigenvalue weighted by Gasteiger charge is 2.16. The van der Waals surface area contributed by atoms with E-state index >= 15 is 0 Å². The number of hydrogen-bond donors (Lipinski definition) is 0. The van der Waals surface area contributed by atoms with E-state index in [1.165, 1.54) is 18.1 Å². The maximum Gasteiger partial charge on any atom is 0.302 e. The largest absolute Gasteiger partial charge is 0.461 e. The molecule has 0 radical (unpaired) electrons. The number of hydrogen-bond acceptors (Lipinski definition) is 2. The van der Waals surface area contributed by atoms with Gasteiger partial charge in [-0.3, -0.25) is 4.79 Å². The molecule has 1 aromatic rings. The SMILES string of the molecule is CC(=O)OCC(C)=Cc1ccccc1C(C)(C)C. The molecule has 2 nitrogen and oxygen atoms in total. The molecule has 1 aromatic carbocycles. The van der Waals surface area contributed by atoms with Crippen LogP contribution < -0.4 is 0 Å². The van der Waals surface area contributed by atoms with Crippen molar-refractivity contribution in [2.75, 3.05) is 6.61 Å². The third-order valence-electron chi connectivity index (χ3n) is 2.67. The monoisotopic (exact) mass is 246 g/mol. The van der Waals surface area contributed by atoms with E-state index in [0.29, 0.717) is 6.61 Å². The summed E-state index contributed by atoms with van der Waals surface area (Å²) in [5, 5.41) is 0. The van der Waals surface area contributed by atoms with Crippen molar-refractivity contribution in [2.24, 2.45) is 0 Å². The van der Waals surface area contributed by atoms with Gasteiger partial charge < -0.3 is 4.74 Å². The zero-order chi connectivity index (χ0) is 13.8. The molecule has 0 bridgehead atoms. The molecule has 0 fully saturated rings. The van der Waals surface area contributed by atoms with E-state index in [0.717, 1.165) is 5.57 Å². The van der Waals surface area contributed by atoms with Gasteiger partial charge in [0.25, 0.3) is 0 Å². The average molecular weight is 246 g/mol. The van der Waals surface area contributed by atoms with Crippen LogP contribution in [-0.2, 0) is 14.9 Å². The zero-order valence-electron chi connectivity index (χ0n) is 11.9. The molecule has 98 valence electrons. The first kappa shape index (κ1) is 14.5. The number of esters is 1. The Morgan fingerprint density at radius 1 is 1.22 bits per heavy atom. The fraction of sp³-hybridized carbons (Fsp3) is 0.438. The molecular formula is C16H22O2. The van der Waals surface area contributed by atoms with Crippen molar-refractivity contribution in [2.45, 2.75) is 40.0 Å². The molecule has 0 aliphatic heterocycles. The lowest BCUT2D eigenvalue weighted by molar-refractivity contribution is -0.139. The van der Waals surface area contributed by atoms with E-state index in [4.69, 9.17) is 4.74 Å². The van der Waals surface area contributed by atoms with Gasteiger partial charge >= 0.3 is 5.97 Å². The topological polar surface area (TPSA) is 26.3 Å². The van der Waals surface area contributed by atoms with Crippen molar-refractivity contribution in [3.63, 3.8) is 0 Å². The normalized spacial score (nSPS) is 12.4. The smallest absolute Gasteiger partial charge is 0.302 e. The van der Waals surface area contributed by atoms with Gasteiger partial charge in [-0.25, -0.2) is 0 Å². The first-order valence-electron chi connectivity index (χ1n) is 6.21. The highest BCUT2D eigenvalue weighted by Crippen LogP contribution is 2.27. The lowest BCUT2D eigenvalue weighted by atomic mass is 9.83. The second kappa shape index (κ2) is 5.85. The molecule has 0 aliphatic rings. The molecule has 0 heterocycles. The molecule has 0 unspecified atom stereocenters. The second-order valence-corrected chi connectivity index (χ2v) is 5.61. The molecule has 2 heteroatoms. The predicted octanol–water partition coefficient (Wildman–Crippen LogP) is 3.95. The fourth-order valence-electron chi connectivity index (χ4n) is 1.83.